The number of nitrogens with zero attached hydrogens (tertiary/aromatic N) is 2. The van der Waals surface area contributed by atoms with Crippen molar-refractivity contribution in [2.75, 3.05) is 13.1 Å². The minimum Gasteiger partial charge on any atom is -0.311 e. The van der Waals surface area contributed by atoms with Crippen LogP contribution in [0.25, 0.3) is 0 Å². The maximum atomic E-state index is 3.99. The summed E-state index contributed by atoms with van der Waals surface area (Å²) in [5.41, 5.74) is 2.53. The van der Waals surface area contributed by atoms with Crippen LogP contribution in [-0.4, -0.2) is 23.1 Å². The van der Waals surface area contributed by atoms with Gasteiger partial charge in [0, 0.05) is 51.0 Å². The van der Waals surface area contributed by atoms with Gasteiger partial charge in [0.05, 0.1) is 0 Å². The average molecular weight is 242 g/mol. The van der Waals surface area contributed by atoms with Crippen LogP contribution in [0.3, 0.4) is 0 Å². The first-order valence-corrected chi connectivity index (χ1v) is 6.14. The summed E-state index contributed by atoms with van der Waals surface area (Å²) in [6.07, 6.45) is 7.27. The molecule has 0 fully saturated rings. The van der Waals surface area contributed by atoms with Gasteiger partial charge in [0.1, 0.15) is 0 Å². The summed E-state index contributed by atoms with van der Waals surface area (Å²) in [5, 5.41) is 6.77. The maximum absolute atomic E-state index is 3.99. The Balaban J connectivity index is 1.54. The zero-order valence-electron chi connectivity index (χ0n) is 10.3. The van der Waals surface area contributed by atoms with Crippen LogP contribution < -0.4 is 10.6 Å². The first-order valence-electron chi connectivity index (χ1n) is 6.14. The molecule has 2 aromatic rings. The van der Waals surface area contributed by atoms with Gasteiger partial charge in [-0.2, -0.15) is 0 Å². The third-order valence-electron chi connectivity index (χ3n) is 2.64. The van der Waals surface area contributed by atoms with Crippen molar-refractivity contribution in [3.05, 3.63) is 60.2 Å². The summed E-state index contributed by atoms with van der Waals surface area (Å²) in [5.74, 6) is 0. The Bertz CT molecular complexity index is 387. The number of hydrogen-bond acceptors (Lipinski definition) is 4. The smallest absolute Gasteiger partial charge is 0.0271 e. The van der Waals surface area contributed by atoms with Crippen molar-refractivity contribution in [1.29, 1.82) is 0 Å². The van der Waals surface area contributed by atoms with Gasteiger partial charge in [-0.1, -0.05) is 0 Å². The molecule has 18 heavy (non-hydrogen) atoms. The van der Waals surface area contributed by atoms with Gasteiger partial charge in [0.15, 0.2) is 0 Å². The third-order valence-corrected chi connectivity index (χ3v) is 2.64. The Hall–Kier alpha value is -1.78. The summed E-state index contributed by atoms with van der Waals surface area (Å²) in [6, 6.07) is 8.10. The van der Waals surface area contributed by atoms with Crippen molar-refractivity contribution in [2.24, 2.45) is 0 Å². The van der Waals surface area contributed by atoms with E-state index in [0.29, 0.717) is 0 Å². The van der Waals surface area contributed by atoms with E-state index in [4.69, 9.17) is 0 Å². The van der Waals surface area contributed by atoms with Gasteiger partial charge in [-0.05, 0) is 35.4 Å². The minimum atomic E-state index is 0.888. The molecule has 2 N–H and O–H groups in total. The van der Waals surface area contributed by atoms with E-state index in [1.54, 1.807) is 0 Å². The van der Waals surface area contributed by atoms with Gasteiger partial charge >= 0.3 is 0 Å². The molecule has 0 aliphatic heterocycles. The van der Waals surface area contributed by atoms with Crippen molar-refractivity contribution in [3.8, 4) is 0 Å². The number of rotatable bonds is 7. The molecule has 0 aliphatic carbocycles. The number of hydrogen-bond donors (Lipinski definition) is 2. The molecule has 0 spiro atoms. The molecule has 94 valence electrons. The van der Waals surface area contributed by atoms with Crippen molar-refractivity contribution in [1.82, 2.24) is 20.6 Å². The molecule has 0 bridgehead atoms. The van der Waals surface area contributed by atoms with Gasteiger partial charge in [-0.25, -0.2) is 0 Å². The predicted octanol–water partition coefficient (Wildman–Crippen LogP) is 1.36. The fourth-order valence-electron chi connectivity index (χ4n) is 1.64. The normalized spacial score (nSPS) is 10.4. The predicted molar refractivity (Wildman–Crippen MR) is 71.9 cm³/mol. The maximum Gasteiger partial charge on any atom is 0.0271 e. The fourth-order valence-corrected chi connectivity index (χ4v) is 1.64. The van der Waals surface area contributed by atoms with Gasteiger partial charge in [0.25, 0.3) is 0 Å². The van der Waals surface area contributed by atoms with Crippen LogP contribution in [0.1, 0.15) is 11.1 Å². The first-order chi connectivity index (χ1) is 8.95. The van der Waals surface area contributed by atoms with Gasteiger partial charge in [-0.15, -0.1) is 0 Å². The van der Waals surface area contributed by atoms with E-state index in [9.17, 15) is 0 Å². The van der Waals surface area contributed by atoms with Crippen LogP contribution in [0.4, 0.5) is 0 Å². The molecule has 4 nitrogen and oxygen atoms in total. The second kappa shape index (κ2) is 7.53. The van der Waals surface area contributed by atoms with Gasteiger partial charge in [0.2, 0.25) is 0 Å². The van der Waals surface area contributed by atoms with E-state index in [0.717, 1.165) is 26.2 Å². The van der Waals surface area contributed by atoms with E-state index in [2.05, 4.69) is 20.6 Å². The molecule has 0 radical (unpaired) electrons. The van der Waals surface area contributed by atoms with Crippen molar-refractivity contribution in [3.63, 3.8) is 0 Å². The molecule has 0 saturated carbocycles. The van der Waals surface area contributed by atoms with Gasteiger partial charge in [-0.3, -0.25) is 9.97 Å². The Labute approximate surface area is 107 Å². The summed E-state index contributed by atoms with van der Waals surface area (Å²) in [6.45, 7) is 3.68. The molecule has 0 atom stereocenters. The molecule has 4 heteroatoms. The molecule has 2 heterocycles. The van der Waals surface area contributed by atoms with Crippen molar-refractivity contribution < 1.29 is 0 Å². The van der Waals surface area contributed by atoms with E-state index in [1.807, 2.05) is 49.1 Å². The van der Waals surface area contributed by atoms with Crippen LogP contribution in [-0.2, 0) is 13.1 Å². The molecule has 0 saturated heterocycles. The molecule has 0 aliphatic rings. The van der Waals surface area contributed by atoms with E-state index < -0.39 is 0 Å². The minimum absolute atomic E-state index is 0.888. The summed E-state index contributed by atoms with van der Waals surface area (Å²) < 4.78 is 0. The van der Waals surface area contributed by atoms with Crippen LogP contribution in [0.2, 0.25) is 0 Å². The van der Waals surface area contributed by atoms with Crippen LogP contribution in [0.15, 0.2) is 49.1 Å². The zero-order valence-corrected chi connectivity index (χ0v) is 10.3. The molecule has 2 aromatic heterocycles. The molecule has 0 unspecified atom stereocenters. The largest absolute Gasteiger partial charge is 0.311 e. The number of nitrogens with one attached hydrogen (secondary N) is 2. The quantitative estimate of drug-likeness (QED) is 0.720. The zero-order chi connectivity index (χ0) is 12.5. The highest BCUT2D eigenvalue weighted by atomic mass is 14.9. The Morgan fingerprint density at radius 3 is 1.44 bits per heavy atom. The Morgan fingerprint density at radius 1 is 0.667 bits per heavy atom. The molecule has 0 aromatic carbocycles. The Kier molecular flexibility index (Phi) is 5.30. The SMILES string of the molecule is c1cc(CNCCNCc2ccncc2)ccn1. The molecular weight excluding hydrogens is 224 g/mol. The van der Waals surface area contributed by atoms with Crippen LogP contribution in [0.5, 0.6) is 0 Å². The molecule has 2 rings (SSSR count). The first kappa shape index (κ1) is 12.7. The van der Waals surface area contributed by atoms with Gasteiger partial charge < -0.3 is 10.6 Å². The van der Waals surface area contributed by atoms with E-state index in [1.165, 1.54) is 11.1 Å². The molecule has 0 amide bonds. The van der Waals surface area contributed by atoms with Crippen molar-refractivity contribution >= 4 is 0 Å². The highest BCUT2D eigenvalue weighted by Crippen LogP contribution is 1.95. The van der Waals surface area contributed by atoms with E-state index >= 15 is 0 Å². The standard InChI is InChI=1S/C14H18N4/c1-5-15-6-2-13(1)11-17-9-10-18-12-14-3-7-16-8-4-14/h1-8,17-18H,9-12H2. The molecular formula is C14H18N4. The fraction of sp³-hybridized carbons (Fsp3) is 0.286. The monoisotopic (exact) mass is 242 g/mol. The third kappa shape index (κ3) is 4.61. The summed E-state index contributed by atoms with van der Waals surface area (Å²) in [4.78, 5) is 7.98. The van der Waals surface area contributed by atoms with Crippen LogP contribution in [0, 0.1) is 0 Å². The highest BCUT2D eigenvalue weighted by molar-refractivity contribution is 5.09. The highest BCUT2D eigenvalue weighted by Gasteiger charge is 1.92. The summed E-state index contributed by atoms with van der Waals surface area (Å²) in [7, 11) is 0. The lowest BCUT2D eigenvalue weighted by Gasteiger charge is -2.06. The number of aromatic nitrogens is 2. The average Bonchev–Trinajstić information content (AvgIpc) is 2.45. The second-order valence-electron chi connectivity index (χ2n) is 4.06. The van der Waals surface area contributed by atoms with Crippen molar-refractivity contribution in [2.45, 2.75) is 13.1 Å². The lowest BCUT2D eigenvalue weighted by molar-refractivity contribution is 0.610. The lowest BCUT2D eigenvalue weighted by atomic mass is 10.2. The second-order valence-corrected chi connectivity index (χ2v) is 4.06. The Morgan fingerprint density at radius 2 is 1.06 bits per heavy atom. The number of pyridine rings is 2. The topological polar surface area (TPSA) is 49.8 Å². The lowest BCUT2D eigenvalue weighted by Crippen LogP contribution is -2.26. The summed E-state index contributed by atoms with van der Waals surface area (Å²) >= 11 is 0. The van der Waals surface area contributed by atoms with E-state index in [-0.39, 0.29) is 0 Å². The van der Waals surface area contributed by atoms with Crippen LogP contribution >= 0.6 is 0 Å².